The van der Waals surface area contributed by atoms with Crippen LogP contribution in [0, 0.1) is 0 Å². The van der Waals surface area contributed by atoms with Gasteiger partial charge in [-0.05, 0) is 77.9 Å². The first-order chi connectivity index (χ1) is 26.6. The van der Waals surface area contributed by atoms with Gasteiger partial charge in [0.2, 0.25) is 0 Å². The Kier molecular flexibility index (Phi) is 5.88. The summed E-state index contributed by atoms with van der Waals surface area (Å²) in [7, 11) is 4.38. The Morgan fingerprint density at radius 2 is 0.722 bits per heavy atom. The second-order valence-corrected chi connectivity index (χ2v) is 14.7. The Morgan fingerprint density at radius 1 is 0.278 bits per heavy atom. The van der Waals surface area contributed by atoms with Crippen LogP contribution in [0.15, 0.2) is 170 Å². The van der Waals surface area contributed by atoms with Crippen LogP contribution < -0.4 is 0 Å². The van der Waals surface area contributed by atoms with Crippen LogP contribution in [-0.2, 0) is 14.1 Å². The number of nitrogens with zero attached hydrogens (tertiary/aromatic N) is 4. The van der Waals surface area contributed by atoms with Gasteiger partial charge < -0.3 is 18.3 Å². The number of hydrogen-bond acceptors (Lipinski definition) is 0. The molecule has 4 nitrogen and oxygen atoms in total. The highest BCUT2D eigenvalue weighted by molar-refractivity contribution is 6.23. The number of rotatable bonds is 3. The fourth-order valence-corrected chi connectivity index (χ4v) is 9.51. The Hall–Kier alpha value is -7.04. The van der Waals surface area contributed by atoms with Crippen molar-refractivity contribution in [1.29, 1.82) is 0 Å². The molecule has 0 atom stereocenters. The first-order valence-electron chi connectivity index (χ1n) is 18.6. The largest absolute Gasteiger partial charge is 0.344 e. The van der Waals surface area contributed by atoms with Crippen LogP contribution in [0.3, 0.4) is 0 Å². The van der Waals surface area contributed by atoms with Crippen LogP contribution in [-0.4, -0.2) is 18.3 Å². The third kappa shape index (κ3) is 3.86. The van der Waals surface area contributed by atoms with Gasteiger partial charge in [-0.3, -0.25) is 0 Å². The fourth-order valence-electron chi connectivity index (χ4n) is 9.51. The molecule has 0 saturated heterocycles. The Bertz CT molecular complexity index is 3460. The van der Waals surface area contributed by atoms with Crippen molar-refractivity contribution in [1.82, 2.24) is 18.3 Å². The topological polar surface area (TPSA) is 19.7 Å². The molecule has 4 aromatic heterocycles. The van der Waals surface area contributed by atoms with Crippen molar-refractivity contribution < 1.29 is 0 Å². The van der Waals surface area contributed by atoms with Crippen molar-refractivity contribution in [3.8, 4) is 22.5 Å². The first-order valence-corrected chi connectivity index (χ1v) is 18.6. The third-order valence-corrected chi connectivity index (χ3v) is 12.0. The maximum Gasteiger partial charge on any atom is 0.0785 e. The predicted octanol–water partition coefficient (Wildman–Crippen LogP) is 12.8. The number of benzene rings is 8. The molecule has 0 aliphatic carbocycles. The molecular formula is C50H34N4. The predicted molar refractivity (Wildman–Crippen MR) is 229 cm³/mol. The molecule has 0 fully saturated rings. The normalized spacial score (nSPS) is 12.3. The standard InChI is InChI=1S/C50H34N4/c1-51-44-27-21-32(29-41(44)42-30-34(24-28-45(42)51)53-46-16-8-4-11-35(46)36-12-5-9-17-47(36)53)31-19-22-33(23-20-31)54-48-18-10-6-14-38(48)40-26-25-39-37-13-3-7-15-43(37)52(2)49(39)50(40)54/h3-30H,1-2H3. The maximum atomic E-state index is 2.46. The molecule has 0 spiro atoms. The molecule has 254 valence electrons. The lowest BCUT2D eigenvalue weighted by atomic mass is 10.0. The van der Waals surface area contributed by atoms with Crippen LogP contribution in [0.1, 0.15) is 0 Å². The highest BCUT2D eigenvalue weighted by Crippen LogP contribution is 2.41. The molecule has 0 aliphatic rings. The van der Waals surface area contributed by atoms with Crippen molar-refractivity contribution in [2.75, 3.05) is 0 Å². The summed E-state index contributed by atoms with van der Waals surface area (Å²) in [5, 5.41) is 10.2. The van der Waals surface area contributed by atoms with Crippen LogP contribution in [0.4, 0.5) is 0 Å². The molecule has 0 saturated carbocycles. The summed E-state index contributed by atoms with van der Waals surface area (Å²) >= 11 is 0. The average molecular weight is 691 g/mol. The zero-order valence-electron chi connectivity index (χ0n) is 30.0. The molecule has 8 aromatic carbocycles. The number of aryl methyl sites for hydroxylation is 2. The molecule has 0 radical (unpaired) electrons. The average Bonchev–Trinajstić information content (AvgIpc) is 3.93. The SMILES string of the molecule is Cn1c2ccc(-c3ccc(-n4c5ccccc5c5ccc6c7ccccc7n(C)c6c54)cc3)cc2c2cc(-n3c4ccccc4c4ccccc43)ccc21. The summed E-state index contributed by atoms with van der Waals surface area (Å²) in [6, 6.07) is 62.6. The van der Waals surface area contributed by atoms with Gasteiger partial charge >= 0.3 is 0 Å². The smallest absolute Gasteiger partial charge is 0.0785 e. The second-order valence-electron chi connectivity index (χ2n) is 14.7. The van der Waals surface area contributed by atoms with Gasteiger partial charge in [0.05, 0.1) is 27.6 Å². The molecule has 4 heterocycles. The molecular weight excluding hydrogens is 657 g/mol. The van der Waals surface area contributed by atoms with Crippen molar-refractivity contribution in [2.24, 2.45) is 14.1 Å². The minimum absolute atomic E-state index is 1.16. The molecule has 0 amide bonds. The summed E-state index contributed by atoms with van der Waals surface area (Å²) in [6.45, 7) is 0. The molecule has 12 rings (SSSR count). The number of para-hydroxylation sites is 4. The van der Waals surface area contributed by atoms with Crippen LogP contribution in [0.2, 0.25) is 0 Å². The highest BCUT2D eigenvalue weighted by atomic mass is 15.0. The van der Waals surface area contributed by atoms with E-state index in [0.717, 1.165) is 5.69 Å². The summed E-state index contributed by atoms with van der Waals surface area (Å²) in [5.74, 6) is 0. The van der Waals surface area contributed by atoms with E-state index in [9.17, 15) is 0 Å². The van der Waals surface area contributed by atoms with E-state index in [-0.39, 0.29) is 0 Å². The summed E-state index contributed by atoms with van der Waals surface area (Å²) in [6.07, 6.45) is 0. The van der Waals surface area contributed by atoms with E-state index < -0.39 is 0 Å². The summed E-state index contributed by atoms with van der Waals surface area (Å²) in [4.78, 5) is 0. The second kappa shape index (κ2) is 10.8. The zero-order valence-corrected chi connectivity index (χ0v) is 30.0. The van der Waals surface area contributed by atoms with Gasteiger partial charge in [-0.1, -0.05) is 103 Å². The van der Waals surface area contributed by atoms with E-state index in [0.29, 0.717) is 0 Å². The number of fused-ring (bicyclic) bond motifs is 13. The van der Waals surface area contributed by atoms with Crippen LogP contribution >= 0.6 is 0 Å². The van der Waals surface area contributed by atoms with E-state index in [4.69, 9.17) is 0 Å². The van der Waals surface area contributed by atoms with Gasteiger partial charge in [-0.15, -0.1) is 0 Å². The van der Waals surface area contributed by atoms with Crippen LogP contribution in [0.25, 0.3) is 110 Å². The Morgan fingerprint density at radius 3 is 1.37 bits per heavy atom. The lowest BCUT2D eigenvalue weighted by molar-refractivity contribution is 1.01. The van der Waals surface area contributed by atoms with Crippen LogP contribution in [0.5, 0.6) is 0 Å². The molecule has 4 heteroatoms. The Balaban J connectivity index is 1.02. The lowest BCUT2D eigenvalue weighted by Crippen LogP contribution is -1.96. The van der Waals surface area contributed by atoms with Gasteiger partial charge in [0.15, 0.2) is 0 Å². The summed E-state index contributed by atoms with van der Waals surface area (Å²) < 4.78 is 9.55. The Labute approximate surface area is 310 Å². The van der Waals surface area contributed by atoms with E-state index in [1.165, 1.54) is 104 Å². The fraction of sp³-hybridized carbons (Fsp3) is 0.0400. The molecule has 12 aromatic rings. The van der Waals surface area contributed by atoms with Gasteiger partial charge in [-0.25, -0.2) is 0 Å². The van der Waals surface area contributed by atoms with Crippen molar-refractivity contribution in [3.05, 3.63) is 170 Å². The molecule has 0 bridgehead atoms. The zero-order chi connectivity index (χ0) is 35.7. The quantitative estimate of drug-likeness (QED) is 0.176. The van der Waals surface area contributed by atoms with E-state index in [1.54, 1.807) is 0 Å². The van der Waals surface area contributed by atoms with Gasteiger partial charge in [-0.2, -0.15) is 0 Å². The monoisotopic (exact) mass is 690 g/mol. The first kappa shape index (κ1) is 29.5. The van der Waals surface area contributed by atoms with Gasteiger partial charge in [0.25, 0.3) is 0 Å². The number of aromatic nitrogens is 4. The van der Waals surface area contributed by atoms with E-state index >= 15 is 0 Å². The molecule has 54 heavy (non-hydrogen) atoms. The van der Waals surface area contributed by atoms with E-state index in [1.807, 2.05) is 0 Å². The lowest BCUT2D eigenvalue weighted by Gasteiger charge is -2.11. The maximum absolute atomic E-state index is 2.46. The third-order valence-electron chi connectivity index (χ3n) is 12.0. The molecule has 0 N–H and O–H groups in total. The molecule has 0 unspecified atom stereocenters. The number of hydrogen-bond donors (Lipinski definition) is 0. The van der Waals surface area contributed by atoms with E-state index in [2.05, 4.69) is 202 Å². The van der Waals surface area contributed by atoms with Gasteiger partial charge in [0, 0.05) is 85.1 Å². The van der Waals surface area contributed by atoms with Crippen molar-refractivity contribution in [2.45, 2.75) is 0 Å². The summed E-state index contributed by atoms with van der Waals surface area (Å²) in [5.41, 5.74) is 14.6. The minimum atomic E-state index is 1.16. The minimum Gasteiger partial charge on any atom is -0.344 e. The highest BCUT2D eigenvalue weighted by Gasteiger charge is 2.20. The van der Waals surface area contributed by atoms with Gasteiger partial charge in [0.1, 0.15) is 0 Å². The van der Waals surface area contributed by atoms with Crippen molar-refractivity contribution >= 4 is 87.2 Å². The van der Waals surface area contributed by atoms with Crippen molar-refractivity contribution in [3.63, 3.8) is 0 Å². The molecule has 0 aliphatic heterocycles.